The predicted molar refractivity (Wildman–Crippen MR) is 571 cm³/mol. The number of fused-ring (bicyclic) bond motifs is 20. The Balaban J connectivity index is 0.000000251. The first-order chi connectivity index (χ1) is 70.2. The van der Waals surface area contributed by atoms with Crippen LogP contribution in [0.15, 0.2) is 162 Å². The van der Waals surface area contributed by atoms with Gasteiger partial charge in [0.1, 0.15) is 40.6 Å². The number of aliphatic hydroxyl groups is 2. The molecule has 15 rings (SSSR count). The molecule has 1 radical (unpaired) electrons. The van der Waals surface area contributed by atoms with E-state index in [0.29, 0.717) is 86.9 Å². The van der Waals surface area contributed by atoms with Gasteiger partial charge in [-0.25, -0.2) is 76.3 Å². The Bertz CT molecular complexity index is 8590. The van der Waals surface area contributed by atoms with Crippen LogP contribution in [-0.2, 0) is 87.2 Å². The molecule has 781 valence electrons. The summed E-state index contributed by atoms with van der Waals surface area (Å²) in [4.78, 5) is 85.6. The monoisotopic (exact) mass is 2370 g/mol. The molecule has 0 aliphatic carbocycles. The molecule has 8 heterocycles. The third-order valence-corrected chi connectivity index (χ3v) is 30.8. The van der Waals surface area contributed by atoms with E-state index < -0.39 is 93.8 Å². The van der Waals surface area contributed by atoms with Crippen LogP contribution in [-0.4, -0.2) is 219 Å². The van der Waals surface area contributed by atoms with Crippen molar-refractivity contribution >= 4 is 276 Å². The summed E-state index contributed by atoms with van der Waals surface area (Å²) < 4.78 is 174. The van der Waals surface area contributed by atoms with Gasteiger partial charge in [-0.1, -0.05) is 209 Å². The molecular formula is C91H75Cl8CuN25O18S7. The number of pyridine rings is 2. The van der Waals surface area contributed by atoms with Crippen LogP contribution in [0.5, 0.6) is 0 Å². The van der Waals surface area contributed by atoms with Gasteiger partial charge in [-0.2, -0.15) is 23.4 Å². The van der Waals surface area contributed by atoms with Gasteiger partial charge >= 0.3 is 27.7 Å². The van der Waals surface area contributed by atoms with Gasteiger partial charge in [-0.15, -0.1) is 17.6 Å². The molecule has 59 heteroatoms. The van der Waals surface area contributed by atoms with Crippen molar-refractivity contribution in [2.45, 2.75) is 61.5 Å². The van der Waals surface area contributed by atoms with Crippen LogP contribution in [0.2, 0.25) is 40.2 Å². The number of anilines is 4. The van der Waals surface area contributed by atoms with Crippen molar-refractivity contribution < 1.29 is 95.0 Å². The molecule has 2 aliphatic rings. The first kappa shape index (κ1) is 123. The van der Waals surface area contributed by atoms with Gasteiger partial charge in [-0.05, 0) is 80.6 Å². The van der Waals surface area contributed by atoms with Gasteiger partial charge < -0.3 is 55.5 Å². The second-order valence-electron chi connectivity index (χ2n) is 30.7. The number of para-hydroxylation sites is 3. The Morgan fingerprint density at radius 1 is 0.433 bits per heavy atom. The van der Waals surface area contributed by atoms with E-state index in [2.05, 4.69) is 79.0 Å². The quantitative estimate of drug-likeness (QED) is 0.00817. The maximum Gasteiger partial charge on any atom is 2.00 e. The van der Waals surface area contributed by atoms with Gasteiger partial charge in [0.15, 0.2) is 44.2 Å². The fourth-order valence-electron chi connectivity index (χ4n) is 12.4. The van der Waals surface area contributed by atoms with Crippen molar-refractivity contribution in [3.63, 3.8) is 0 Å². The van der Waals surface area contributed by atoms with E-state index >= 15 is 0 Å². The summed E-state index contributed by atoms with van der Waals surface area (Å²) in [5, 5.41) is 26.3. The maximum atomic E-state index is 12.2. The maximum absolute atomic E-state index is 12.2. The van der Waals surface area contributed by atoms with Crippen molar-refractivity contribution in [2.24, 2.45) is 0 Å². The number of sulfonamides is 1. The Hall–Kier alpha value is -13.5. The van der Waals surface area contributed by atoms with E-state index in [1.165, 1.54) is 50.4 Å². The van der Waals surface area contributed by atoms with Crippen molar-refractivity contribution in [1.82, 2.24) is 69.5 Å². The molecule has 13 aromatic rings. The summed E-state index contributed by atoms with van der Waals surface area (Å²) in [5.74, 6) is 0.830. The Kier molecular flexibility index (Phi) is 46.0. The van der Waals surface area contributed by atoms with E-state index in [-0.39, 0.29) is 174 Å². The first-order valence-corrected chi connectivity index (χ1v) is 56.5. The number of sulfone groups is 4. The van der Waals surface area contributed by atoms with Crippen LogP contribution in [0.1, 0.15) is 39.5 Å². The number of nitrogens with one attached hydrogen (secondary N) is 3. The van der Waals surface area contributed by atoms with Gasteiger partial charge in [0.05, 0.1) is 166 Å². The molecule has 6 aromatic heterocycles. The smallest absolute Gasteiger partial charge is 0.393 e. The summed E-state index contributed by atoms with van der Waals surface area (Å²) in [6.45, 7) is 57.2. The van der Waals surface area contributed by atoms with Crippen molar-refractivity contribution in [3.05, 3.63) is 283 Å². The number of nitrogens with zero attached hydrogens (tertiary/aromatic N) is 22. The number of rotatable bonds is 24. The largest absolute Gasteiger partial charge is 2.00 e. The van der Waals surface area contributed by atoms with Gasteiger partial charge in [0.2, 0.25) is 44.9 Å². The Morgan fingerprint density at radius 3 is 1.39 bits per heavy atom. The zero-order valence-corrected chi connectivity index (χ0v) is 90.8. The van der Waals surface area contributed by atoms with Crippen LogP contribution >= 0.6 is 92.8 Å². The minimum absolute atomic E-state index is 0. The van der Waals surface area contributed by atoms with Crippen molar-refractivity contribution in [2.75, 3.05) is 89.7 Å². The van der Waals surface area contributed by atoms with E-state index in [9.17, 15) is 55.1 Å². The van der Waals surface area contributed by atoms with Crippen molar-refractivity contribution in [1.29, 1.82) is 0 Å². The number of hydrogen-bond acceptors (Lipinski definition) is 31. The molecule has 0 saturated heterocycles. The number of hydrogen-bond donors (Lipinski definition) is 6. The topological polar surface area (TPSA) is 561 Å². The minimum Gasteiger partial charge on any atom is -0.393 e. The summed E-state index contributed by atoms with van der Waals surface area (Å²) in [6, 6.07) is 38.4. The summed E-state index contributed by atoms with van der Waals surface area (Å²) in [6.07, 6.45) is 4.52. The molecule has 0 spiro atoms. The summed E-state index contributed by atoms with van der Waals surface area (Å²) in [5.41, 5.74) is 5.60. The summed E-state index contributed by atoms with van der Waals surface area (Å²) >= 11 is 49.4. The average Bonchev–Trinajstić information content (AvgIpc) is 1.58. The van der Waals surface area contributed by atoms with E-state index in [1.54, 1.807) is 67.7 Å². The van der Waals surface area contributed by atoms with Gasteiger partial charge in [-0.3, -0.25) is 28.9 Å². The molecule has 2 atom stereocenters. The molecule has 0 fully saturated rings. The van der Waals surface area contributed by atoms with Crippen LogP contribution in [0.3, 0.4) is 0 Å². The van der Waals surface area contributed by atoms with Crippen LogP contribution in [0.25, 0.3) is 129 Å². The molecule has 43 nitrogen and oxygen atoms in total. The fourth-order valence-corrected chi connectivity index (χ4v) is 20.7. The normalized spacial score (nSPS) is 11.4. The molecular weight excluding hydrogens is 2300 g/mol. The van der Waals surface area contributed by atoms with E-state index in [0.717, 1.165) is 45.9 Å². The van der Waals surface area contributed by atoms with Gasteiger partial charge in [0, 0.05) is 90.6 Å². The molecule has 150 heavy (non-hydrogen) atoms. The number of aliphatic hydroxyl groups excluding tert-OH is 2. The molecule has 2 unspecified atom stereocenters. The molecule has 7 aromatic carbocycles. The van der Waals surface area contributed by atoms with Crippen LogP contribution in [0.4, 0.5) is 69.2 Å². The predicted octanol–water partition coefficient (Wildman–Crippen LogP) is 19.1. The third-order valence-electron chi connectivity index (χ3n) is 19.2. The van der Waals surface area contributed by atoms with Crippen LogP contribution in [0, 0.1) is 52.6 Å². The first-order valence-electron chi connectivity index (χ1n) is 41.8. The number of aromatic nitrogens is 13. The van der Waals surface area contributed by atoms with Crippen molar-refractivity contribution in [3.8, 4) is 45.6 Å². The summed E-state index contributed by atoms with van der Waals surface area (Å²) in [7, 11) is -20.9. The number of halogens is 8. The fraction of sp³-hybridized carbons (Fsp3) is 0.220. The Morgan fingerprint density at radius 2 is 0.873 bits per heavy atom. The second-order valence-corrected chi connectivity index (χ2v) is 46.3. The SMILES string of the molecule is CC(O)CCS(=O)(=O)CCCS(C)(=O)=O.CN(C)c1nc(NCCCS(C)(=O)=O)nc(Nc2ccccc2S(=O)(=O)O)n1.Clc1c(Cl)c(Cl)c2c(c1Cl)-c1nc3nc(nc4[n-]c(nc5[n-]c(nc-2n1)c1ccccc51)c1cccnc41)-c1ccccc1-3.O=S(=O)=O.[C-]#[N+]c1c(Cl)c(Cl)c(Cl)c(Cl)c1[N+]#[C-].[C-]#[N+]c1ccc(S(=O)(=O)CCCS(=O)(=O)NCC(C)O)cc1[N+]#[C-].[C-]#[N+]c1ccccc1[N+]#[C-].[C-]#[N+]c1cccnc1[N+]#[C-].[Cu+2]. The molecule has 6 N–H and O–H groups in total. The Labute approximate surface area is 912 Å². The molecule has 0 saturated carbocycles. The molecule has 8 bridgehead atoms. The minimum atomic E-state index is -4.44. The third kappa shape index (κ3) is 35.1. The second kappa shape index (κ2) is 55.9. The molecule has 0 amide bonds. The van der Waals surface area contributed by atoms with E-state index in [1.807, 2.05) is 60.7 Å². The standard InChI is InChI=1S/C31H11Cl4N9.C15H22N6O5S2.C14H17N3O5S2.C8Cl4N2.C8H4N2.C8H18O5S2.C7H3N3.Cu.O3S/c32-19-17-18(20(33)22(35)21(19)34)30-41-26-14-8-3-4-9-15(14)27(38-26)42-31-23-16(10-5-11-36-23)28(43-31)39-24-12-6-1-2-7-13(12)25(37-24)40-29(17)44-30;1-21(2)15-19-13(16-9-6-10-27(3,22)23)18-14(20-15)17-11-7-4-5-8-12(11)28(24,25)26;1-11(18)10-17-24(21,22)8-4-7-23(19,20)12-5-6-13(15-2)14(9-12)16-3;1-13-7-5(11)3(9)4(10)6(12)8(7)14-2;1-9-7-5-3-4-6-8(7)10-2;1-8(9)4-7-15(12,13)6-3-5-14(2,10)11;1-8-6-4-3-5-10-7(6)9-2;;1-4(2)3/h1-11H;4-5,7-8H,6,9-10H2,1-3H3,(H,24,25,26)(H2,16,17,18,19,20);5-6,9,11,17-18H,4,7-8,10H2,1H3;;3-6H;8-9H,3-7H2,1-2H3;3-5H;;/q-2;;;;;;;+2;. The average molecular weight is 2380 g/mol. The van der Waals surface area contributed by atoms with Gasteiger partial charge in [0.25, 0.3) is 15.9 Å². The van der Waals surface area contributed by atoms with E-state index in [4.69, 9.17) is 208 Å². The van der Waals surface area contributed by atoms with Crippen LogP contribution < -0.4 is 30.2 Å². The zero-order chi connectivity index (χ0) is 110. The molecule has 2 aliphatic heterocycles. The zero-order valence-electron chi connectivity index (χ0n) is 78.1. The number of benzene rings is 7.